The summed E-state index contributed by atoms with van der Waals surface area (Å²) >= 11 is 0. The number of guanidine groups is 1. The molecule has 0 unspecified atom stereocenters. The monoisotopic (exact) mass is 184 g/mol. The Balaban J connectivity index is 2.16. The van der Waals surface area contributed by atoms with Crippen molar-refractivity contribution in [2.24, 2.45) is 16.5 Å². The van der Waals surface area contributed by atoms with Gasteiger partial charge in [-0.3, -0.25) is 4.99 Å². The summed E-state index contributed by atoms with van der Waals surface area (Å²) in [4.78, 5) is 6.33. The predicted octanol–water partition coefficient (Wildman–Crippen LogP) is 0.134. The summed E-state index contributed by atoms with van der Waals surface area (Å²) in [6, 6.07) is 0.759. The lowest BCUT2D eigenvalue weighted by molar-refractivity contribution is 0.252. The normalized spacial score (nSPS) is 18.0. The maximum Gasteiger partial charge on any atom is 0.185 e. The van der Waals surface area contributed by atoms with Gasteiger partial charge in [-0.2, -0.15) is 0 Å². The minimum atomic E-state index is 0.194. The second-order valence-corrected chi connectivity index (χ2v) is 3.73. The molecule has 13 heavy (non-hydrogen) atoms. The Morgan fingerprint density at radius 1 is 1.38 bits per heavy atom. The van der Waals surface area contributed by atoms with Crippen molar-refractivity contribution in [3.05, 3.63) is 0 Å². The summed E-state index contributed by atoms with van der Waals surface area (Å²) in [5.41, 5.74) is 10.5. The molecule has 0 spiro atoms. The lowest BCUT2D eigenvalue weighted by atomic mass is 10.2. The van der Waals surface area contributed by atoms with Crippen LogP contribution in [0.2, 0.25) is 0 Å². The van der Waals surface area contributed by atoms with Crippen molar-refractivity contribution in [3.63, 3.8) is 0 Å². The molecule has 0 radical (unpaired) electrons. The molecular formula is C9H20N4. The maximum atomic E-state index is 5.24. The zero-order chi connectivity index (χ0) is 9.68. The third kappa shape index (κ3) is 3.63. The van der Waals surface area contributed by atoms with E-state index in [4.69, 9.17) is 11.5 Å². The van der Waals surface area contributed by atoms with Crippen LogP contribution in [-0.2, 0) is 0 Å². The van der Waals surface area contributed by atoms with Gasteiger partial charge in [-0.05, 0) is 19.9 Å². The topological polar surface area (TPSA) is 67.6 Å². The zero-order valence-corrected chi connectivity index (χ0v) is 8.37. The van der Waals surface area contributed by atoms with Gasteiger partial charge in [0.2, 0.25) is 0 Å². The second-order valence-electron chi connectivity index (χ2n) is 3.73. The van der Waals surface area contributed by atoms with Crippen molar-refractivity contribution in [3.8, 4) is 0 Å². The van der Waals surface area contributed by atoms with Crippen LogP contribution < -0.4 is 11.5 Å². The van der Waals surface area contributed by atoms with Gasteiger partial charge in [-0.25, -0.2) is 0 Å². The van der Waals surface area contributed by atoms with Crippen LogP contribution in [0.4, 0.5) is 0 Å². The molecule has 0 atom stereocenters. The van der Waals surface area contributed by atoms with Crippen LogP contribution in [0.3, 0.4) is 0 Å². The largest absolute Gasteiger partial charge is 0.370 e. The molecule has 0 saturated heterocycles. The molecule has 1 aliphatic carbocycles. The van der Waals surface area contributed by atoms with E-state index in [1.807, 2.05) is 0 Å². The van der Waals surface area contributed by atoms with Crippen molar-refractivity contribution in [2.45, 2.75) is 31.7 Å². The lowest BCUT2D eigenvalue weighted by Crippen LogP contribution is -2.32. The van der Waals surface area contributed by atoms with Crippen LogP contribution >= 0.6 is 0 Å². The number of aliphatic imine (C=N–C) groups is 1. The number of rotatable bonds is 4. The first-order chi connectivity index (χ1) is 6.20. The van der Waals surface area contributed by atoms with Gasteiger partial charge in [-0.1, -0.05) is 12.8 Å². The Kier molecular flexibility index (Phi) is 4.02. The van der Waals surface area contributed by atoms with Crippen LogP contribution in [0.25, 0.3) is 0 Å². The van der Waals surface area contributed by atoms with Crippen LogP contribution in [0.1, 0.15) is 25.7 Å². The van der Waals surface area contributed by atoms with Crippen molar-refractivity contribution in [1.82, 2.24) is 4.90 Å². The minimum absolute atomic E-state index is 0.194. The van der Waals surface area contributed by atoms with Crippen LogP contribution in [-0.4, -0.2) is 37.0 Å². The molecule has 1 saturated carbocycles. The molecule has 0 aliphatic heterocycles. The summed E-state index contributed by atoms with van der Waals surface area (Å²) in [6.45, 7) is 1.68. The van der Waals surface area contributed by atoms with Crippen molar-refractivity contribution < 1.29 is 0 Å². The molecule has 76 valence electrons. The predicted molar refractivity (Wildman–Crippen MR) is 55.6 cm³/mol. The number of hydrogen-bond acceptors (Lipinski definition) is 2. The number of nitrogens with zero attached hydrogens (tertiary/aromatic N) is 2. The average Bonchev–Trinajstić information content (AvgIpc) is 2.55. The van der Waals surface area contributed by atoms with Crippen molar-refractivity contribution in [1.29, 1.82) is 0 Å². The molecule has 0 bridgehead atoms. The zero-order valence-electron chi connectivity index (χ0n) is 8.37. The van der Waals surface area contributed by atoms with E-state index in [2.05, 4.69) is 16.9 Å². The summed E-state index contributed by atoms with van der Waals surface area (Å²) < 4.78 is 0. The molecule has 4 nitrogen and oxygen atoms in total. The van der Waals surface area contributed by atoms with Gasteiger partial charge >= 0.3 is 0 Å². The van der Waals surface area contributed by atoms with Gasteiger partial charge in [0.15, 0.2) is 5.96 Å². The van der Waals surface area contributed by atoms with E-state index < -0.39 is 0 Å². The Bertz CT molecular complexity index is 168. The van der Waals surface area contributed by atoms with Crippen LogP contribution in [0.15, 0.2) is 4.99 Å². The molecular weight excluding hydrogens is 164 g/mol. The van der Waals surface area contributed by atoms with E-state index in [1.54, 1.807) is 0 Å². The highest BCUT2D eigenvalue weighted by molar-refractivity contribution is 5.75. The van der Waals surface area contributed by atoms with Crippen LogP contribution in [0.5, 0.6) is 0 Å². The first kappa shape index (κ1) is 10.3. The highest BCUT2D eigenvalue weighted by atomic mass is 15.1. The highest BCUT2D eigenvalue weighted by Crippen LogP contribution is 2.21. The van der Waals surface area contributed by atoms with Gasteiger partial charge in [-0.15, -0.1) is 0 Å². The second kappa shape index (κ2) is 5.07. The fourth-order valence-electron chi connectivity index (χ4n) is 1.86. The molecule has 0 heterocycles. The van der Waals surface area contributed by atoms with Gasteiger partial charge in [0, 0.05) is 12.6 Å². The van der Waals surface area contributed by atoms with Crippen LogP contribution in [0, 0.1) is 0 Å². The molecule has 0 aromatic carbocycles. The Labute approximate surface area is 80.0 Å². The van der Waals surface area contributed by atoms with Gasteiger partial charge < -0.3 is 16.4 Å². The smallest absolute Gasteiger partial charge is 0.185 e. The fourth-order valence-corrected chi connectivity index (χ4v) is 1.86. The molecule has 1 fully saturated rings. The molecule has 0 aromatic heterocycles. The van der Waals surface area contributed by atoms with E-state index in [0.29, 0.717) is 0 Å². The average molecular weight is 184 g/mol. The van der Waals surface area contributed by atoms with E-state index in [-0.39, 0.29) is 5.96 Å². The third-order valence-electron chi connectivity index (χ3n) is 2.70. The number of likely N-dealkylation sites (N-methyl/N-ethyl adjacent to an activating group) is 1. The van der Waals surface area contributed by atoms with E-state index >= 15 is 0 Å². The third-order valence-corrected chi connectivity index (χ3v) is 2.70. The molecule has 0 amide bonds. The highest BCUT2D eigenvalue weighted by Gasteiger charge is 2.18. The number of hydrogen-bond donors (Lipinski definition) is 2. The van der Waals surface area contributed by atoms with E-state index in [9.17, 15) is 0 Å². The standard InChI is InChI=1S/C9H20N4/c1-13(7-6-12-9(10)11)8-4-2-3-5-8/h8H,2-7H2,1H3,(H4,10,11,12). The molecule has 4 N–H and O–H groups in total. The fraction of sp³-hybridized carbons (Fsp3) is 0.889. The maximum absolute atomic E-state index is 5.24. The van der Waals surface area contributed by atoms with Gasteiger partial charge in [0.1, 0.15) is 0 Å². The summed E-state index contributed by atoms with van der Waals surface area (Å²) in [5.74, 6) is 0.194. The minimum Gasteiger partial charge on any atom is -0.370 e. The lowest BCUT2D eigenvalue weighted by Gasteiger charge is -2.22. The molecule has 1 aliphatic rings. The summed E-state index contributed by atoms with van der Waals surface area (Å²) in [5, 5.41) is 0. The first-order valence-corrected chi connectivity index (χ1v) is 4.96. The molecule has 0 aromatic rings. The molecule has 1 rings (SSSR count). The first-order valence-electron chi connectivity index (χ1n) is 4.96. The van der Waals surface area contributed by atoms with Gasteiger partial charge in [0.05, 0.1) is 6.54 Å². The SMILES string of the molecule is CN(CCN=C(N)N)C1CCCC1. The summed E-state index contributed by atoms with van der Waals surface area (Å²) in [6.07, 6.45) is 5.41. The van der Waals surface area contributed by atoms with Gasteiger partial charge in [0.25, 0.3) is 0 Å². The Hall–Kier alpha value is -0.770. The quantitative estimate of drug-likeness (QED) is 0.482. The number of nitrogens with two attached hydrogens (primary N) is 2. The van der Waals surface area contributed by atoms with E-state index in [1.165, 1.54) is 25.7 Å². The van der Waals surface area contributed by atoms with Crippen molar-refractivity contribution >= 4 is 5.96 Å². The Morgan fingerprint density at radius 3 is 2.54 bits per heavy atom. The Morgan fingerprint density at radius 2 is 2.00 bits per heavy atom. The van der Waals surface area contributed by atoms with Crippen molar-refractivity contribution in [2.75, 3.05) is 20.1 Å². The summed E-state index contributed by atoms with van der Waals surface area (Å²) in [7, 11) is 2.15. The van der Waals surface area contributed by atoms with E-state index in [0.717, 1.165) is 19.1 Å². The molecule has 4 heteroatoms.